The topological polar surface area (TPSA) is 48.9 Å². The number of thiophene rings is 1. The summed E-state index contributed by atoms with van der Waals surface area (Å²) in [5.41, 5.74) is 0. The monoisotopic (exact) mass is 566 g/mol. The molecule has 1 rings (SSSR count). The average molecular weight is 566 g/mol. The zero-order valence-electron chi connectivity index (χ0n) is 14.1. The van der Waals surface area contributed by atoms with Crippen LogP contribution in [0.5, 0.6) is 0 Å². The number of guanidine groups is 1. The van der Waals surface area contributed by atoms with Crippen LogP contribution < -0.4 is 10.6 Å². The number of halogens is 2. The third-order valence-corrected chi connectivity index (χ3v) is 5.14. The molecular weight excluding hydrogens is 538 g/mol. The summed E-state index contributed by atoms with van der Waals surface area (Å²) in [5.74, 6) is 0.872. The van der Waals surface area contributed by atoms with E-state index in [1.807, 2.05) is 18.4 Å². The molecule has 0 atom stereocenters. The summed E-state index contributed by atoms with van der Waals surface area (Å²) in [4.78, 5) is 7.96. The van der Waals surface area contributed by atoms with Crippen molar-refractivity contribution in [3.63, 3.8) is 0 Å². The number of rotatable bonds is 10. The Morgan fingerprint density at radius 3 is 2.65 bits per heavy atom. The first kappa shape index (κ1) is 23.4. The first-order valence-corrected chi connectivity index (χ1v) is 9.41. The van der Waals surface area contributed by atoms with Gasteiger partial charge in [-0.05, 0) is 54.6 Å². The maximum Gasteiger partial charge on any atom is 0.191 e. The van der Waals surface area contributed by atoms with E-state index in [4.69, 9.17) is 4.74 Å². The molecule has 0 unspecified atom stereocenters. The minimum Gasteiger partial charge on any atom is -0.385 e. The van der Waals surface area contributed by atoms with Crippen molar-refractivity contribution in [2.45, 2.75) is 12.8 Å². The molecular formula is C15H28I2N4OS. The quantitative estimate of drug-likeness (QED) is 0.198. The first-order valence-electron chi connectivity index (χ1n) is 7.52. The fraction of sp³-hybridized carbons (Fsp3) is 0.667. The van der Waals surface area contributed by atoms with Crippen LogP contribution in [0.3, 0.4) is 0 Å². The van der Waals surface area contributed by atoms with Crippen LogP contribution in [0.2, 0.25) is 0 Å². The molecule has 1 aromatic rings. The smallest absolute Gasteiger partial charge is 0.191 e. The fourth-order valence-corrected chi connectivity index (χ4v) is 3.72. The molecule has 1 aromatic heterocycles. The lowest BCUT2D eigenvalue weighted by molar-refractivity contribution is 0.180. The Kier molecular flexibility index (Phi) is 14.9. The Labute approximate surface area is 174 Å². The van der Waals surface area contributed by atoms with Crippen LogP contribution in [-0.4, -0.2) is 64.9 Å². The van der Waals surface area contributed by atoms with E-state index < -0.39 is 0 Å². The second kappa shape index (κ2) is 14.7. The number of nitrogens with one attached hydrogen (secondary N) is 2. The first-order chi connectivity index (χ1) is 10.7. The van der Waals surface area contributed by atoms with Gasteiger partial charge in [0.1, 0.15) is 0 Å². The summed E-state index contributed by atoms with van der Waals surface area (Å²) >= 11 is 4.21. The predicted molar refractivity (Wildman–Crippen MR) is 120 cm³/mol. The van der Waals surface area contributed by atoms with Gasteiger partial charge < -0.3 is 20.3 Å². The fourth-order valence-electron chi connectivity index (χ4n) is 1.97. The number of hydrogen-bond acceptors (Lipinski definition) is 4. The Morgan fingerprint density at radius 1 is 1.30 bits per heavy atom. The van der Waals surface area contributed by atoms with E-state index in [0.29, 0.717) is 0 Å². The van der Waals surface area contributed by atoms with Crippen LogP contribution in [0, 0.1) is 2.88 Å². The van der Waals surface area contributed by atoms with E-state index in [2.05, 4.69) is 62.3 Å². The molecule has 0 aliphatic heterocycles. The highest BCUT2D eigenvalue weighted by Gasteiger charge is 2.01. The lowest BCUT2D eigenvalue weighted by Crippen LogP contribution is -2.41. The molecule has 0 bridgehead atoms. The van der Waals surface area contributed by atoms with E-state index in [9.17, 15) is 0 Å². The molecule has 1 heterocycles. The van der Waals surface area contributed by atoms with Crippen molar-refractivity contribution in [2.75, 3.05) is 54.0 Å². The summed E-state index contributed by atoms with van der Waals surface area (Å²) in [6, 6.07) is 4.35. The van der Waals surface area contributed by atoms with Crippen molar-refractivity contribution in [1.29, 1.82) is 0 Å². The number of ether oxygens (including phenoxy) is 1. The lowest BCUT2D eigenvalue weighted by atomic mass is 10.3. The van der Waals surface area contributed by atoms with Gasteiger partial charge in [0.05, 0.1) is 2.88 Å². The third-order valence-electron chi connectivity index (χ3n) is 3.19. The molecule has 0 saturated heterocycles. The highest BCUT2D eigenvalue weighted by Crippen LogP contribution is 2.18. The zero-order valence-corrected chi connectivity index (χ0v) is 19.4. The van der Waals surface area contributed by atoms with Gasteiger partial charge in [-0.1, -0.05) is 0 Å². The Hall–Kier alpha value is 0.350. The largest absolute Gasteiger partial charge is 0.385 e. The summed E-state index contributed by atoms with van der Waals surface area (Å²) < 4.78 is 6.40. The van der Waals surface area contributed by atoms with Gasteiger partial charge in [0.25, 0.3) is 0 Å². The molecule has 0 spiro atoms. The lowest BCUT2D eigenvalue weighted by Gasteiger charge is -2.18. The molecule has 0 aliphatic carbocycles. The second-order valence-electron chi connectivity index (χ2n) is 5.03. The van der Waals surface area contributed by atoms with Crippen molar-refractivity contribution in [3.8, 4) is 0 Å². The number of hydrogen-bond donors (Lipinski definition) is 2. The number of likely N-dealkylation sites (N-methyl/N-ethyl adjacent to an activating group) is 1. The maximum absolute atomic E-state index is 5.06. The van der Waals surface area contributed by atoms with Crippen LogP contribution in [0.25, 0.3) is 0 Å². The number of nitrogens with zero attached hydrogens (tertiary/aromatic N) is 2. The van der Waals surface area contributed by atoms with Crippen molar-refractivity contribution in [1.82, 2.24) is 15.5 Å². The van der Waals surface area contributed by atoms with Gasteiger partial charge in [0.2, 0.25) is 0 Å². The van der Waals surface area contributed by atoms with E-state index in [1.165, 1.54) is 7.76 Å². The minimum atomic E-state index is 0. The Morgan fingerprint density at radius 2 is 2.04 bits per heavy atom. The third kappa shape index (κ3) is 11.5. The van der Waals surface area contributed by atoms with Crippen LogP contribution >= 0.6 is 57.9 Å². The normalized spacial score (nSPS) is 11.4. The van der Waals surface area contributed by atoms with E-state index in [0.717, 1.165) is 51.6 Å². The average Bonchev–Trinajstić information content (AvgIpc) is 2.91. The van der Waals surface area contributed by atoms with Gasteiger partial charge >= 0.3 is 0 Å². The van der Waals surface area contributed by atoms with Crippen LogP contribution in [0.1, 0.15) is 11.3 Å². The zero-order chi connectivity index (χ0) is 16.2. The number of aliphatic imine (C=N–C) groups is 1. The van der Waals surface area contributed by atoms with Gasteiger partial charge in [-0.3, -0.25) is 4.99 Å². The van der Waals surface area contributed by atoms with Crippen LogP contribution in [0.15, 0.2) is 17.1 Å². The number of methoxy groups -OCH3 is 1. The van der Waals surface area contributed by atoms with Gasteiger partial charge in [0.15, 0.2) is 5.96 Å². The van der Waals surface area contributed by atoms with E-state index in [1.54, 1.807) is 7.11 Å². The second-order valence-corrected chi connectivity index (χ2v) is 8.09. The molecule has 0 aliphatic rings. The molecule has 0 aromatic carbocycles. The molecule has 0 amide bonds. The van der Waals surface area contributed by atoms with Crippen molar-refractivity contribution < 1.29 is 4.74 Å². The standard InChI is InChI=1S/C15H27IN4OS.HI/c1-17-15(18-8-7-13-5-6-14(16)22-13)19-9-11-20(2)10-4-12-21-3;/h5-6H,4,7-12H2,1-3H3,(H2,17,18,19);1H. The highest BCUT2D eigenvalue weighted by atomic mass is 127. The molecule has 0 fully saturated rings. The summed E-state index contributed by atoms with van der Waals surface area (Å²) in [6.45, 7) is 4.66. The van der Waals surface area contributed by atoms with Crippen molar-refractivity contribution in [2.24, 2.45) is 4.99 Å². The van der Waals surface area contributed by atoms with Crippen molar-refractivity contribution in [3.05, 3.63) is 19.9 Å². The van der Waals surface area contributed by atoms with Crippen molar-refractivity contribution >= 4 is 63.9 Å². The Balaban J connectivity index is 0.00000484. The van der Waals surface area contributed by atoms with Crippen LogP contribution in [-0.2, 0) is 11.2 Å². The minimum absolute atomic E-state index is 0. The Bertz CT molecular complexity index is 443. The van der Waals surface area contributed by atoms with E-state index in [-0.39, 0.29) is 24.0 Å². The summed E-state index contributed by atoms with van der Waals surface area (Å²) in [5, 5.41) is 6.71. The molecule has 8 heteroatoms. The molecule has 0 radical (unpaired) electrons. The molecule has 5 nitrogen and oxygen atoms in total. The summed E-state index contributed by atoms with van der Waals surface area (Å²) in [7, 11) is 5.69. The maximum atomic E-state index is 5.06. The SMILES string of the molecule is CN=C(NCCc1ccc(I)s1)NCCN(C)CCCOC.I. The molecule has 134 valence electrons. The predicted octanol–water partition coefficient (Wildman–Crippen LogP) is 2.65. The van der Waals surface area contributed by atoms with Gasteiger partial charge in [-0.15, -0.1) is 35.3 Å². The molecule has 23 heavy (non-hydrogen) atoms. The van der Waals surface area contributed by atoms with Crippen LogP contribution in [0.4, 0.5) is 0 Å². The van der Waals surface area contributed by atoms with E-state index >= 15 is 0 Å². The van der Waals surface area contributed by atoms with Gasteiger partial charge in [-0.2, -0.15) is 0 Å². The van der Waals surface area contributed by atoms with Gasteiger partial charge in [0, 0.05) is 51.8 Å². The summed E-state index contributed by atoms with van der Waals surface area (Å²) in [6.07, 6.45) is 2.10. The molecule has 2 N–H and O–H groups in total. The highest BCUT2D eigenvalue weighted by molar-refractivity contribution is 14.1. The molecule has 0 saturated carbocycles. The van der Waals surface area contributed by atoms with Gasteiger partial charge in [-0.25, -0.2) is 0 Å².